The molecule has 3 rings (SSSR count). The zero-order valence-electron chi connectivity index (χ0n) is 15.5. The Morgan fingerprint density at radius 1 is 1.12 bits per heavy atom. The Bertz CT molecular complexity index is 619. The first-order valence-corrected chi connectivity index (χ1v) is 9.56. The van der Waals surface area contributed by atoms with Crippen molar-refractivity contribution in [3.8, 4) is 0 Å². The van der Waals surface area contributed by atoms with Gasteiger partial charge in [0.2, 0.25) is 0 Å². The van der Waals surface area contributed by atoms with E-state index in [9.17, 15) is 4.79 Å². The molecule has 0 aromatic heterocycles. The first kappa shape index (κ1) is 17.8. The average molecular weight is 342 g/mol. The van der Waals surface area contributed by atoms with Crippen LogP contribution in [0.5, 0.6) is 0 Å². The molecule has 0 bridgehead atoms. The molecule has 5 nitrogen and oxygen atoms in total. The summed E-state index contributed by atoms with van der Waals surface area (Å²) in [6.45, 7) is 8.48. The van der Waals surface area contributed by atoms with Crippen molar-refractivity contribution in [3.05, 3.63) is 35.4 Å². The second kappa shape index (κ2) is 7.89. The van der Waals surface area contributed by atoms with E-state index in [1.54, 1.807) is 0 Å². The highest BCUT2D eigenvalue weighted by Gasteiger charge is 2.43. The van der Waals surface area contributed by atoms with Crippen molar-refractivity contribution in [1.29, 1.82) is 0 Å². The molecule has 1 aliphatic carbocycles. The number of carbonyl (C=O) groups is 1. The van der Waals surface area contributed by atoms with Crippen LogP contribution in [-0.4, -0.2) is 42.9 Å². The summed E-state index contributed by atoms with van der Waals surface area (Å²) in [5, 5.41) is 6.26. The number of benzene rings is 1. The first-order chi connectivity index (χ1) is 12.2. The van der Waals surface area contributed by atoms with Crippen molar-refractivity contribution in [1.82, 2.24) is 15.5 Å². The van der Waals surface area contributed by atoms with Gasteiger partial charge in [0.25, 0.3) is 5.91 Å². The van der Waals surface area contributed by atoms with Crippen molar-refractivity contribution < 1.29 is 4.79 Å². The highest BCUT2D eigenvalue weighted by molar-refractivity contribution is 5.94. The molecule has 1 aliphatic heterocycles. The Kier molecular flexibility index (Phi) is 5.61. The van der Waals surface area contributed by atoms with Gasteiger partial charge in [-0.3, -0.25) is 4.79 Å². The number of guanidine groups is 1. The molecular formula is C20H30N4O. The number of hydrogen-bond acceptors (Lipinski definition) is 2. The molecule has 1 heterocycles. The number of hydrogen-bond donors (Lipinski definition) is 2. The minimum atomic E-state index is -0.0197. The van der Waals surface area contributed by atoms with Gasteiger partial charge in [0, 0.05) is 31.7 Å². The van der Waals surface area contributed by atoms with Crippen LogP contribution in [0.25, 0.3) is 0 Å². The average Bonchev–Trinajstić information content (AvgIpc) is 3.05. The molecule has 25 heavy (non-hydrogen) atoms. The van der Waals surface area contributed by atoms with Crippen LogP contribution in [0.1, 0.15) is 55.5 Å². The fourth-order valence-electron chi connectivity index (χ4n) is 3.82. The highest BCUT2D eigenvalue weighted by atomic mass is 16.1. The summed E-state index contributed by atoms with van der Waals surface area (Å²) in [6, 6.07) is 7.74. The van der Waals surface area contributed by atoms with Crippen LogP contribution in [0, 0.1) is 5.41 Å². The zero-order valence-corrected chi connectivity index (χ0v) is 15.5. The quantitative estimate of drug-likeness (QED) is 0.639. The summed E-state index contributed by atoms with van der Waals surface area (Å²) >= 11 is 0. The van der Waals surface area contributed by atoms with Crippen LogP contribution < -0.4 is 10.6 Å². The molecule has 2 fully saturated rings. The summed E-state index contributed by atoms with van der Waals surface area (Å²) < 4.78 is 0. The Balaban J connectivity index is 1.62. The maximum atomic E-state index is 11.8. The Labute approximate surface area is 150 Å². The van der Waals surface area contributed by atoms with Gasteiger partial charge in [0.1, 0.15) is 0 Å². The second-order valence-corrected chi connectivity index (χ2v) is 7.25. The maximum Gasteiger partial charge on any atom is 0.251 e. The zero-order chi connectivity index (χ0) is 17.7. The van der Waals surface area contributed by atoms with Gasteiger partial charge in [-0.1, -0.05) is 18.6 Å². The number of carbonyl (C=O) groups excluding carboxylic acids is 1. The lowest BCUT2D eigenvalue weighted by Crippen LogP contribution is -2.42. The molecule has 0 unspecified atom stereocenters. The maximum absolute atomic E-state index is 11.8. The minimum Gasteiger partial charge on any atom is -0.357 e. The summed E-state index contributed by atoms with van der Waals surface area (Å²) in [4.78, 5) is 19.1. The van der Waals surface area contributed by atoms with Crippen LogP contribution in [0.4, 0.5) is 0 Å². The van der Waals surface area contributed by atoms with Gasteiger partial charge in [0.05, 0.1) is 6.54 Å². The van der Waals surface area contributed by atoms with E-state index < -0.39 is 0 Å². The van der Waals surface area contributed by atoms with Crippen molar-refractivity contribution in [2.75, 3.05) is 26.2 Å². The van der Waals surface area contributed by atoms with Crippen molar-refractivity contribution >= 4 is 11.9 Å². The normalized spacial score (nSPS) is 19.0. The summed E-state index contributed by atoms with van der Waals surface area (Å²) in [7, 11) is 0. The van der Waals surface area contributed by atoms with Crippen molar-refractivity contribution in [2.45, 2.75) is 46.1 Å². The molecule has 0 radical (unpaired) electrons. The van der Waals surface area contributed by atoms with Crippen molar-refractivity contribution in [2.24, 2.45) is 10.4 Å². The largest absolute Gasteiger partial charge is 0.357 e. The lowest BCUT2D eigenvalue weighted by molar-refractivity contribution is 0.0956. The number of rotatable bonds is 5. The van der Waals surface area contributed by atoms with Gasteiger partial charge < -0.3 is 15.5 Å². The summed E-state index contributed by atoms with van der Waals surface area (Å²) in [5.74, 6) is 1.01. The van der Waals surface area contributed by atoms with Crippen LogP contribution >= 0.6 is 0 Å². The molecule has 5 heteroatoms. The van der Waals surface area contributed by atoms with Crippen LogP contribution in [-0.2, 0) is 6.54 Å². The monoisotopic (exact) mass is 342 g/mol. The van der Waals surface area contributed by atoms with Gasteiger partial charge in [-0.25, -0.2) is 4.99 Å². The lowest BCUT2D eigenvalue weighted by atomic mass is 9.68. The van der Waals surface area contributed by atoms with Crippen molar-refractivity contribution in [3.63, 3.8) is 0 Å². The fourth-order valence-corrected chi connectivity index (χ4v) is 3.82. The van der Waals surface area contributed by atoms with E-state index in [2.05, 4.69) is 22.5 Å². The Morgan fingerprint density at radius 3 is 2.40 bits per heavy atom. The molecule has 0 atom stereocenters. The van der Waals surface area contributed by atoms with Crippen LogP contribution in [0.15, 0.2) is 29.3 Å². The number of likely N-dealkylation sites (tertiary alicyclic amines) is 1. The molecule has 1 aromatic rings. The lowest BCUT2D eigenvalue weighted by Gasteiger charge is -2.38. The van der Waals surface area contributed by atoms with Crippen LogP contribution in [0.3, 0.4) is 0 Å². The highest BCUT2D eigenvalue weighted by Crippen LogP contribution is 2.47. The van der Waals surface area contributed by atoms with Gasteiger partial charge >= 0.3 is 0 Å². The Morgan fingerprint density at radius 2 is 1.84 bits per heavy atom. The second-order valence-electron chi connectivity index (χ2n) is 7.25. The third kappa shape index (κ3) is 4.14. The Hall–Kier alpha value is -2.04. The molecule has 2 N–H and O–H groups in total. The molecule has 1 amide bonds. The summed E-state index contributed by atoms with van der Waals surface area (Å²) in [6.07, 6.45) is 5.45. The molecule has 2 aliphatic rings. The SMILES string of the molecule is CCNC(=O)c1ccc(CN=C(NCC)N2CCC3(CCC3)C2)cc1. The van der Waals surface area contributed by atoms with Gasteiger partial charge in [-0.15, -0.1) is 0 Å². The van der Waals surface area contributed by atoms with E-state index in [0.717, 1.165) is 31.2 Å². The molecule has 1 saturated carbocycles. The number of nitrogens with zero attached hydrogens (tertiary/aromatic N) is 2. The topological polar surface area (TPSA) is 56.7 Å². The molecular weight excluding hydrogens is 312 g/mol. The van der Waals surface area contributed by atoms with E-state index in [0.29, 0.717) is 24.1 Å². The molecule has 136 valence electrons. The summed E-state index contributed by atoms with van der Waals surface area (Å²) in [5.41, 5.74) is 2.40. The van der Waals surface area contributed by atoms with E-state index in [4.69, 9.17) is 4.99 Å². The fraction of sp³-hybridized carbons (Fsp3) is 0.600. The number of aliphatic imine (C=N–C) groups is 1. The van der Waals surface area contributed by atoms with Gasteiger partial charge in [-0.2, -0.15) is 0 Å². The molecule has 1 aromatic carbocycles. The third-order valence-electron chi connectivity index (χ3n) is 5.45. The number of nitrogens with one attached hydrogen (secondary N) is 2. The standard InChI is InChI=1S/C20H30N4O/c1-3-21-18(25)17-8-6-16(7-9-17)14-23-19(22-4-2)24-13-12-20(15-24)10-5-11-20/h6-9H,3-5,10-15H2,1-2H3,(H,21,25)(H,22,23). The minimum absolute atomic E-state index is 0.0197. The van der Waals surface area contributed by atoms with E-state index >= 15 is 0 Å². The predicted octanol–water partition coefficient (Wildman–Crippen LogP) is 2.78. The van der Waals surface area contributed by atoms with Gasteiger partial charge in [0.15, 0.2) is 5.96 Å². The molecule has 1 spiro atoms. The van der Waals surface area contributed by atoms with E-state index in [1.807, 2.05) is 31.2 Å². The molecule has 1 saturated heterocycles. The van der Waals surface area contributed by atoms with Crippen LogP contribution in [0.2, 0.25) is 0 Å². The van der Waals surface area contributed by atoms with E-state index in [1.165, 1.54) is 25.7 Å². The van der Waals surface area contributed by atoms with Gasteiger partial charge in [-0.05, 0) is 56.2 Å². The number of amides is 1. The smallest absolute Gasteiger partial charge is 0.251 e. The third-order valence-corrected chi connectivity index (χ3v) is 5.45. The first-order valence-electron chi connectivity index (χ1n) is 9.56. The van der Waals surface area contributed by atoms with E-state index in [-0.39, 0.29) is 5.91 Å². The predicted molar refractivity (Wildman–Crippen MR) is 102 cm³/mol.